The molecule has 0 bridgehead atoms. The number of carbonyl (C=O) groups excluding carboxylic acids is 1. The van der Waals surface area contributed by atoms with Gasteiger partial charge in [-0.05, 0) is 36.4 Å². The molecule has 1 aromatic heterocycles. The monoisotopic (exact) mass is 390 g/mol. The van der Waals surface area contributed by atoms with Crippen molar-refractivity contribution in [3.05, 3.63) is 88.5 Å². The Morgan fingerprint density at radius 2 is 1.68 bits per heavy atom. The number of fused-ring (bicyclic) bond motifs is 1. The van der Waals surface area contributed by atoms with Crippen molar-refractivity contribution in [3.8, 4) is 0 Å². The zero-order chi connectivity index (χ0) is 19.5. The standard InChI is InChI=1S/C20H14N4O3S/c25-19(23-20-22-17-7-3-4-8-18(17)28-20)15-5-1-2-6-16(15)21-13-9-11-14(12-10-13)24(26)27/h1-12,21H,(H,22,23,25). The third-order valence-electron chi connectivity index (χ3n) is 4.04. The summed E-state index contributed by atoms with van der Waals surface area (Å²) in [7, 11) is 0. The summed E-state index contributed by atoms with van der Waals surface area (Å²) in [5.41, 5.74) is 2.52. The number of benzene rings is 3. The summed E-state index contributed by atoms with van der Waals surface area (Å²) in [6.45, 7) is 0. The molecule has 0 fully saturated rings. The van der Waals surface area contributed by atoms with Crippen LogP contribution in [-0.2, 0) is 0 Å². The molecule has 0 aliphatic carbocycles. The van der Waals surface area contributed by atoms with Gasteiger partial charge in [-0.2, -0.15) is 0 Å². The van der Waals surface area contributed by atoms with Crippen LogP contribution in [0.25, 0.3) is 10.2 Å². The fourth-order valence-corrected chi connectivity index (χ4v) is 3.56. The van der Waals surface area contributed by atoms with E-state index < -0.39 is 4.92 Å². The van der Waals surface area contributed by atoms with Crippen LogP contribution in [0.15, 0.2) is 72.8 Å². The van der Waals surface area contributed by atoms with E-state index in [4.69, 9.17) is 0 Å². The first kappa shape index (κ1) is 17.6. The van der Waals surface area contributed by atoms with Gasteiger partial charge in [0.2, 0.25) is 0 Å². The lowest BCUT2D eigenvalue weighted by molar-refractivity contribution is -0.384. The quantitative estimate of drug-likeness (QED) is 0.360. The van der Waals surface area contributed by atoms with Crippen LogP contribution >= 0.6 is 11.3 Å². The number of non-ortho nitro benzene ring substituents is 1. The zero-order valence-electron chi connectivity index (χ0n) is 14.5. The second kappa shape index (κ2) is 7.45. The number of nitrogens with zero attached hydrogens (tertiary/aromatic N) is 2. The van der Waals surface area contributed by atoms with Gasteiger partial charge >= 0.3 is 0 Å². The number of carbonyl (C=O) groups is 1. The molecule has 8 heteroatoms. The van der Waals surface area contributed by atoms with E-state index in [1.54, 1.807) is 30.3 Å². The van der Waals surface area contributed by atoms with Crippen molar-refractivity contribution in [2.45, 2.75) is 0 Å². The normalized spacial score (nSPS) is 10.6. The van der Waals surface area contributed by atoms with Gasteiger partial charge in [-0.15, -0.1) is 0 Å². The third-order valence-corrected chi connectivity index (χ3v) is 5.00. The Balaban J connectivity index is 1.56. The molecule has 4 rings (SSSR count). The molecule has 7 nitrogen and oxygen atoms in total. The summed E-state index contributed by atoms with van der Waals surface area (Å²) in [5, 5.41) is 17.3. The average Bonchev–Trinajstić information content (AvgIpc) is 3.11. The second-order valence-electron chi connectivity index (χ2n) is 5.92. The number of para-hydroxylation sites is 2. The highest BCUT2D eigenvalue weighted by Gasteiger charge is 2.14. The predicted molar refractivity (Wildman–Crippen MR) is 110 cm³/mol. The molecule has 1 heterocycles. The number of hydrogen-bond acceptors (Lipinski definition) is 6. The van der Waals surface area contributed by atoms with E-state index in [2.05, 4.69) is 15.6 Å². The van der Waals surface area contributed by atoms with Crippen LogP contribution in [0.2, 0.25) is 0 Å². The molecular formula is C20H14N4O3S. The zero-order valence-corrected chi connectivity index (χ0v) is 15.3. The number of aromatic nitrogens is 1. The maximum absolute atomic E-state index is 12.8. The van der Waals surface area contributed by atoms with E-state index in [1.165, 1.54) is 23.5 Å². The number of nitrogens with one attached hydrogen (secondary N) is 2. The highest BCUT2D eigenvalue weighted by atomic mass is 32.1. The fourth-order valence-electron chi connectivity index (χ4n) is 2.70. The molecule has 0 spiro atoms. The molecule has 0 radical (unpaired) electrons. The highest BCUT2D eigenvalue weighted by Crippen LogP contribution is 2.27. The second-order valence-corrected chi connectivity index (χ2v) is 6.95. The molecule has 28 heavy (non-hydrogen) atoms. The van der Waals surface area contributed by atoms with E-state index in [0.717, 1.165) is 10.2 Å². The first-order chi connectivity index (χ1) is 13.6. The maximum Gasteiger partial charge on any atom is 0.269 e. The van der Waals surface area contributed by atoms with Gasteiger partial charge in [0.25, 0.3) is 11.6 Å². The number of thiazole rings is 1. The number of hydrogen-bond donors (Lipinski definition) is 2. The minimum Gasteiger partial charge on any atom is -0.355 e. The summed E-state index contributed by atoms with van der Waals surface area (Å²) in [5.74, 6) is -0.288. The lowest BCUT2D eigenvalue weighted by Gasteiger charge is -2.11. The summed E-state index contributed by atoms with van der Waals surface area (Å²) in [4.78, 5) is 27.5. The van der Waals surface area contributed by atoms with Crippen molar-refractivity contribution in [3.63, 3.8) is 0 Å². The van der Waals surface area contributed by atoms with E-state index in [0.29, 0.717) is 22.1 Å². The SMILES string of the molecule is O=C(Nc1nc2ccccc2s1)c1ccccc1Nc1ccc([N+](=O)[O-])cc1. The topological polar surface area (TPSA) is 97.2 Å². The van der Waals surface area contributed by atoms with Crippen LogP contribution in [0, 0.1) is 10.1 Å². The van der Waals surface area contributed by atoms with Gasteiger partial charge in [0.1, 0.15) is 0 Å². The number of amides is 1. The summed E-state index contributed by atoms with van der Waals surface area (Å²) < 4.78 is 0.995. The van der Waals surface area contributed by atoms with Crippen molar-refractivity contribution in [1.82, 2.24) is 4.98 Å². The van der Waals surface area contributed by atoms with Crippen LogP contribution in [-0.4, -0.2) is 15.8 Å². The molecule has 4 aromatic rings. The Morgan fingerprint density at radius 1 is 0.964 bits per heavy atom. The molecule has 0 saturated heterocycles. The van der Waals surface area contributed by atoms with Gasteiger partial charge in [-0.25, -0.2) is 4.98 Å². The van der Waals surface area contributed by atoms with Gasteiger partial charge in [-0.1, -0.05) is 35.6 Å². The van der Waals surface area contributed by atoms with Gasteiger partial charge in [0.15, 0.2) is 5.13 Å². The molecule has 0 unspecified atom stereocenters. The van der Waals surface area contributed by atoms with Gasteiger partial charge in [0.05, 0.1) is 26.4 Å². The Kier molecular flexibility index (Phi) is 4.69. The molecule has 138 valence electrons. The molecule has 0 saturated carbocycles. The number of anilines is 3. The van der Waals surface area contributed by atoms with Crippen LogP contribution < -0.4 is 10.6 Å². The molecule has 1 amide bonds. The number of rotatable bonds is 5. The highest BCUT2D eigenvalue weighted by molar-refractivity contribution is 7.22. The number of nitro benzene ring substituents is 1. The molecule has 2 N–H and O–H groups in total. The van der Waals surface area contributed by atoms with Crippen molar-refractivity contribution in [1.29, 1.82) is 0 Å². The smallest absolute Gasteiger partial charge is 0.269 e. The summed E-state index contributed by atoms with van der Waals surface area (Å²) >= 11 is 1.41. The molecule has 0 aliphatic heterocycles. The molecule has 3 aromatic carbocycles. The number of nitro groups is 1. The Labute approximate surface area is 163 Å². The lowest BCUT2D eigenvalue weighted by Crippen LogP contribution is -2.13. The van der Waals surface area contributed by atoms with E-state index in [-0.39, 0.29) is 11.6 Å². The van der Waals surface area contributed by atoms with Crippen LogP contribution in [0.4, 0.5) is 22.2 Å². The van der Waals surface area contributed by atoms with E-state index in [1.807, 2.05) is 30.3 Å². The van der Waals surface area contributed by atoms with Crippen molar-refractivity contribution in [2.75, 3.05) is 10.6 Å². The van der Waals surface area contributed by atoms with Gasteiger partial charge in [0, 0.05) is 17.8 Å². The van der Waals surface area contributed by atoms with Gasteiger partial charge in [-0.3, -0.25) is 20.2 Å². The van der Waals surface area contributed by atoms with Crippen molar-refractivity contribution < 1.29 is 9.72 Å². The molecule has 0 atom stereocenters. The molecular weight excluding hydrogens is 376 g/mol. The minimum atomic E-state index is -0.455. The predicted octanol–water partition coefficient (Wildman–Crippen LogP) is 5.20. The van der Waals surface area contributed by atoms with Crippen LogP contribution in [0.5, 0.6) is 0 Å². The first-order valence-electron chi connectivity index (χ1n) is 8.37. The summed E-state index contributed by atoms with van der Waals surface area (Å²) in [6, 6.07) is 20.7. The first-order valence-corrected chi connectivity index (χ1v) is 9.19. The van der Waals surface area contributed by atoms with E-state index >= 15 is 0 Å². The largest absolute Gasteiger partial charge is 0.355 e. The fraction of sp³-hybridized carbons (Fsp3) is 0. The van der Waals surface area contributed by atoms with E-state index in [9.17, 15) is 14.9 Å². The average molecular weight is 390 g/mol. The Bertz CT molecular complexity index is 1140. The van der Waals surface area contributed by atoms with Crippen molar-refractivity contribution >= 4 is 49.7 Å². The Morgan fingerprint density at radius 3 is 2.43 bits per heavy atom. The lowest BCUT2D eigenvalue weighted by atomic mass is 10.1. The van der Waals surface area contributed by atoms with Crippen molar-refractivity contribution in [2.24, 2.45) is 0 Å². The minimum absolute atomic E-state index is 0.00686. The van der Waals surface area contributed by atoms with Crippen LogP contribution in [0.1, 0.15) is 10.4 Å². The van der Waals surface area contributed by atoms with Gasteiger partial charge < -0.3 is 5.32 Å². The van der Waals surface area contributed by atoms with Crippen LogP contribution in [0.3, 0.4) is 0 Å². The molecule has 0 aliphatic rings. The Hall–Kier alpha value is -3.78. The summed E-state index contributed by atoms with van der Waals surface area (Å²) in [6.07, 6.45) is 0. The maximum atomic E-state index is 12.8. The third kappa shape index (κ3) is 3.67.